The fourth-order valence-corrected chi connectivity index (χ4v) is 2.13. The van der Waals surface area contributed by atoms with E-state index in [2.05, 4.69) is 10.6 Å². The maximum atomic E-state index is 13.0. The fraction of sp³-hybridized carbons (Fsp3) is 0.235. The summed E-state index contributed by atoms with van der Waals surface area (Å²) in [6.45, 7) is 3.04. The lowest BCUT2D eigenvalue weighted by molar-refractivity contribution is -0.115. The molecule has 23 heavy (non-hydrogen) atoms. The molecule has 0 saturated heterocycles. The number of anilines is 2. The van der Waals surface area contributed by atoms with Crippen LogP contribution in [0.1, 0.15) is 13.3 Å². The summed E-state index contributed by atoms with van der Waals surface area (Å²) in [5, 5.41) is 5.80. The van der Waals surface area contributed by atoms with E-state index in [1.54, 1.807) is 0 Å². The number of carbonyl (C=O) groups is 1. The molecule has 0 saturated carbocycles. The predicted octanol–water partition coefficient (Wildman–Crippen LogP) is 4.32. The highest BCUT2D eigenvalue weighted by Crippen LogP contribution is 2.19. The molecule has 0 bridgehead atoms. The summed E-state index contributed by atoms with van der Waals surface area (Å²) in [5.74, 6) is 0.122. The Labute approximate surface area is 139 Å². The summed E-state index contributed by atoms with van der Waals surface area (Å²) in [5.41, 5.74) is 1.38. The molecule has 0 spiro atoms. The monoisotopic (exact) mass is 336 g/mol. The first-order valence-corrected chi connectivity index (χ1v) is 7.68. The fourth-order valence-electron chi connectivity index (χ4n) is 1.95. The summed E-state index contributed by atoms with van der Waals surface area (Å²) in [4.78, 5) is 11.8. The number of rotatable bonds is 7. The van der Waals surface area contributed by atoms with E-state index in [1.165, 1.54) is 18.2 Å². The van der Waals surface area contributed by atoms with E-state index >= 15 is 0 Å². The zero-order chi connectivity index (χ0) is 16.7. The van der Waals surface area contributed by atoms with E-state index < -0.39 is 5.82 Å². The Morgan fingerprint density at radius 2 is 1.87 bits per heavy atom. The molecule has 2 aromatic rings. The number of benzene rings is 2. The minimum atomic E-state index is -0.512. The Morgan fingerprint density at radius 1 is 1.17 bits per heavy atom. The van der Waals surface area contributed by atoms with Crippen molar-refractivity contribution in [3.05, 3.63) is 53.3 Å². The quantitative estimate of drug-likeness (QED) is 0.791. The Morgan fingerprint density at radius 3 is 2.52 bits per heavy atom. The van der Waals surface area contributed by atoms with Crippen LogP contribution in [0, 0.1) is 5.82 Å². The van der Waals surface area contributed by atoms with Crippen molar-refractivity contribution in [3.63, 3.8) is 0 Å². The van der Waals surface area contributed by atoms with E-state index in [-0.39, 0.29) is 17.4 Å². The van der Waals surface area contributed by atoms with Gasteiger partial charge in [-0.2, -0.15) is 0 Å². The van der Waals surface area contributed by atoms with Crippen LogP contribution in [0.3, 0.4) is 0 Å². The minimum Gasteiger partial charge on any atom is -0.494 e. The topological polar surface area (TPSA) is 50.4 Å². The third-order valence-corrected chi connectivity index (χ3v) is 3.34. The predicted molar refractivity (Wildman–Crippen MR) is 90.8 cm³/mol. The normalized spacial score (nSPS) is 10.2. The van der Waals surface area contributed by atoms with Gasteiger partial charge in [0.05, 0.1) is 11.6 Å². The number of hydrogen-bond acceptors (Lipinski definition) is 3. The zero-order valence-electron chi connectivity index (χ0n) is 12.7. The molecule has 122 valence electrons. The first-order valence-electron chi connectivity index (χ1n) is 7.30. The van der Waals surface area contributed by atoms with Crippen LogP contribution < -0.4 is 15.4 Å². The van der Waals surface area contributed by atoms with Crippen LogP contribution in [-0.2, 0) is 4.79 Å². The van der Waals surface area contributed by atoms with Crippen molar-refractivity contribution in [2.75, 3.05) is 23.8 Å². The van der Waals surface area contributed by atoms with E-state index in [9.17, 15) is 9.18 Å². The van der Waals surface area contributed by atoms with Gasteiger partial charge in [0.15, 0.2) is 0 Å². The van der Waals surface area contributed by atoms with Crippen LogP contribution in [-0.4, -0.2) is 19.1 Å². The standard InChI is InChI=1S/C17H18ClFN2O2/c1-2-23-14-6-3-12(4-7-14)20-10-9-17(22)21-13-5-8-16(19)15(18)11-13/h3-8,11,20H,2,9-10H2,1H3,(H,21,22). The molecule has 0 fully saturated rings. The molecule has 2 rings (SSSR count). The highest BCUT2D eigenvalue weighted by atomic mass is 35.5. The van der Waals surface area contributed by atoms with Crippen molar-refractivity contribution in [2.24, 2.45) is 0 Å². The average molecular weight is 337 g/mol. The molecule has 0 unspecified atom stereocenters. The van der Waals surface area contributed by atoms with Crippen LogP contribution >= 0.6 is 11.6 Å². The molecule has 0 atom stereocenters. The minimum absolute atomic E-state index is 0.0182. The van der Waals surface area contributed by atoms with Crippen molar-refractivity contribution >= 4 is 28.9 Å². The third kappa shape index (κ3) is 5.45. The lowest BCUT2D eigenvalue weighted by atomic mass is 10.2. The average Bonchev–Trinajstić information content (AvgIpc) is 2.53. The summed E-state index contributed by atoms with van der Waals surface area (Å²) >= 11 is 5.67. The van der Waals surface area contributed by atoms with Gasteiger partial charge in [-0.1, -0.05) is 11.6 Å². The second kappa shape index (κ2) is 8.39. The van der Waals surface area contributed by atoms with Crippen molar-refractivity contribution < 1.29 is 13.9 Å². The first kappa shape index (κ1) is 17.1. The smallest absolute Gasteiger partial charge is 0.226 e. The van der Waals surface area contributed by atoms with Crippen molar-refractivity contribution in [1.29, 1.82) is 0 Å². The molecule has 0 aromatic heterocycles. The van der Waals surface area contributed by atoms with Crippen molar-refractivity contribution in [1.82, 2.24) is 0 Å². The highest BCUT2D eigenvalue weighted by molar-refractivity contribution is 6.31. The van der Waals surface area contributed by atoms with Crippen LogP contribution in [0.5, 0.6) is 5.75 Å². The SMILES string of the molecule is CCOc1ccc(NCCC(=O)Nc2ccc(F)c(Cl)c2)cc1. The second-order valence-electron chi connectivity index (χ2n) is 4.81. The molecule has 1 amide bonds. The zero-order valence-corrected chi connectivity index (χ0v) is 13.5. The van der Waals surface area contributed by atoms with Gasteiger partial charge in [-0.15, -0.1) is 0 Å². The van der Waals surface area contributed by atoms with Crippen molar-refractivity contribution in [2.45, 2.75) is 13.3 Å². The van der Waals surface area contributed by atoms with Gasteiger partial charge in [0.2, 0.25) is 5.91 Å². The summed E-state index contributed by atoms with van der Waals surface area (Å²) < 4.78 is 18.4. The molecule has 0 aliphatic carbocycles. The second-order valence-corrected chi connectivity index (χ2v) is 5.22. The van der Waals surface area contributed by atoms with Gasteiger partial charge in [0, 0.05) is 24.3 Å². The Hall–Kier alpha value is -2.27. The van der Waals surface area contributed by atoms with E-state index in [0.717, 1.165) is 11.4 Å². The Bertz CT molecular complexity index is 662. The lowest BCUT2D eigenvalue weighted by Gasteiger charge is -2.09. The molecule has 2 N–H and O–H groups in total. The number of hydrogen-bond donors (Lipinski definition) is 2. The van der Waals surface area contributed by atoms with Crippen LogP contribution in [0.15, 0.2) is 42.5 Å². The molecule has 0 radical (unpaired) electrons. The Balaban J connectivity index is 1.76. The maximum absolute atomic E-state index is 13.0. The van der Waals surface area contributed by atoms with Crippen molar-refractivity contribution in [3.8, 4) is 5.75 Å². The molecule has 4 nitrogen and oxygen atoms in total. The summed E-state index contributed by atoms with van der Waals surface area (Å²) in [6.07, 6.45) is 0.280. The molecule has 0 heterocycles. The van der Waals surface area contributed by atoms with Gasteiger partial charge >= 0.3 is 0 Å². The molecular formula is C17H18ClFN2O2. The van der Waals surface area contributed by atoms with Crippen LogP contribution in [0.4, 0.5) is 15.8 Å². The molecular weight excluding hydrogens is 319 g/mol. The number of carbonyl (C=O) groups excluding carboxylic acids is 1. The molecule has 6 heteroatoms. The lowest BCUT2D eigenvalue weighted by Crippen LogP contribution is -2.16. The number of nitrogens with one attached hydrogen (secondary N) is 2. The maximum Gasteiger partial charge on any atom is 0.226 e. The van der Waals surface area contributed by atoms with Crippen LogP contribution in [0.2, 0.25) is 5.02 Å². The van der Waals surface area contributed by atoms with E-state index in [4.69, 9.17) is 16.3 Å². The van der Waals surface area contributed by atoms with E-state index in [0.29, 0.717) is 18.8 Å². The first-order chi connectivity index (χ1) is 11.1. The summed E-state index contributed by atoms with van der Waals surface area (Å²) in [7, 11) is 0. The van der Waals surface area contributed by atoms with Gasteiger partial charge in [-0.05, 0) is 49.4 Å². The van der Waals surface area contributed by atoms with Gasteiger partial charge in [-0.3, -0.25) is 4.79 Å². The molecule has 0 aliphatic heterocycles. The van der Waals surface area contributed by atoms with Gasteiger partial charge in [-0.25, -0.2) is 4.39 Å². The molecule has 0 aliphatic rings. The third-order valence-electron chi connectivity index (χ3n) is 3.05. The number of halogens is 2. The summed E-state index contributed by atoms with van der Waals surface area (Å²) in [6, 6.07) is 11.6. The Kier molecular flexibility index (Phi) is 6.23. The number of amides is 1. The van der Waals surface area contributed by atoms with Gasteiger partial charge in [0.25, 0.3) is 0 Å². The molecule has 2 aromatic carbocycles. The van der Waals surface area contributed by atoms with Gasteiger partial charge < -0.3 is 15.4 Å². The highest BCUT2D eigenvalue weighted by Gasteiger charge is 2.05. The van der Waals surface area contributed by atoms with Gasteiger partial charge in [0.1, 0.15) is 11.6 Å². The number of ether oxygens (including phenoxy) is 1. The largest absolute Gasteiger partial charge is 0.494 e. The van der Waals surface area contributed by atoms with E-state index in [1.807, 2.05) is 31.2 Å². The van der Waals surface area contributed by atoms with Crippen LogP contribution in [0.25, 0.3) is 0 Å².